The largest absolute Gasteiger partial charge is 0.378 e. The Balaban J connectivity index is 1.86. The van der Waals surface area contributed by atoms with Gasteiger partial charge in [-0.15, -0.1) is 0 Å². The van der Waals surface area contributed by atoms with Crippen molar-refractivity contribution >= 4 is 39.7 Å². The summed E-state index contributed by atoms with van der Waals surface area (Å²) in [5.41, 5.74) is 9.58. The van der Waals surface area contributed by atoms with Crippen molar-refractivity contribution < 1.29 is 9.53 Å². The Bertz CT molecular complexity index is 1160. The zero-order chi connectivity index (χ0) is 18.8. The lowest BCUT2D eigenvalue weighted by atomic mass is 10.0. The Hall–Kier alpha value is -3.44. The van der Waals surface area contributed by atoms with E-state index in [9.17, 15) is 4.79 Å². The minimum absolute atomic E-state index is 0.292. The molecule has 0 bridgehead atoms. The van der Waals surface area contributed by atoms with Crippen LogP contribution in [0.5, 0.6) is 0 Å². The van der Waals surface area contributed by atoms with Crippen LogP contribution in [0.2, 0.25) is 0 Å². The highest BCUT2D eigenvalue weighted by Crippen LogP contribution is 2.30. The van der Waals surface area contributed by atoms with Crippen LogP contribution in [0.4, 0.5) is 0 Å². The summed E-state index contributed by atoms with van der Waals surface area (Å²) >= 11 is 0. The summed E-state index contributed by atoms with van der Waals surface area (Å²) < 4.78 is 5.21. The number of rotatable bonds is 5. The zero-order valence-electron chi connectivity index (χ0n) is 14.9. The molecule has 2 heterocycles. The lowest BCUT2D eigenvalue weighted by Crippen LogP contribution is -2.13. The van der Waals surface area contributed by atoms with Crippen molar-refractivity contribution in [2.24, 2.45) is 5.73 Å². The second-order valence-electron chi connectivity index (χ2n) is 6.34. The molecule has 5 nitrogen and oxygen atoms in total. The number of nitrogens with zero attached hydrogens (tertiary/aromatic N) is 1. The Morgan fingerprint density at radius 2 is 1.96 bits per heavy atom. The van der Waals surface area contributed by atoms with Gasteiger partial charge in [-0.1, -0.05) is 48.5 Å². The molecular formula is C22H19N3O2. The summed E-state index contributed by atoms with van der Waals surface area (Å²) in [6.07, 6.45) is 5.83. The molecule has 2 aromatic carbocycles. The van der Waals surface area contributed by atoms with E-state index in [1.54, 1.807) is 7.11 Å². The molecule has 134 valence electrons. The van der Waals surface area contributed by atoms with Gasteiger partial charge in [0.1, 0.15) is 0 Å². The van der Waals surface area contributed by atoms with Crippen LogP contribution in [0.25, 0.3) is 33.8 Å². The fourth-order valence-electron chi connectivity index (χ4n) is 3.32. The number of hydrogen-bond donors (Lipinski definition) is 2. The van der Waals surface area contributed by atoms with Gasteiger partial charge in [-0.05, 0) is 17.7 Å². The van der Waals surface area contributed by atoms with E-state index in [0.29, 0.717) is 17.9 Å². The van der Waals surface area contributed by atoms with E-state index < -0.39 is 5.91 Å². The number of aromatic amines is 1. The first kappa shape index (κ1) is 17.0. The van der Waals surface area contributed by atoms with Crippen LogP contribution in [-0.2, 0) is 11.3 Å². The summed E-state index contributed by atoms with van der Waals surface area (Å²) in [6, 6.07) is 15.9. The number of ether oxygens (including phenoxy) is 1. The van der Waals surface area contributed by atoms with E-state index in [1.165, 1.54) is 0 Å². The number of carbonyl (C=O) groups excluding carboxylic acids is 1. The smallest absolute Gasteiger partial charge is 0.251 e. The number of H-pyrrole nitrogens is 1. The molecule has 0 saturated heterocycles. The standard InChI is InChI=1S/C22H19N3O2/c1-27-13-19-20(22(23)26)17-10-8-15-12-24-16(11-18(15)21(17)25-19)9-7-14-5-3-2-4-6-14/h2-12,25H,13H2,1H3,(H2,23,26). The second kappa shape index (κ2) is 7.05. The van der Waals surface area contributed by atoms with E-state index in [0.717, 1.165) is 32.9 Å². The van der Waals surface area contributed by atoms with Gasteiger partial charge in [-0.3, -0.25) is 9.78 Å². The SMILES string of the molecule is COCc1[nH]c2c(ccc3cnc(C=Cc4ccccc4)cc32)c1C(N)=O. The molecule has 0 fully saturated rings. The minimum Gasteiger partial charge on any atom is -0.378 e. The van der Waals surface area contributed by atoms with Crippen molar-refractivity contribution in [3.63, 3.8) is 0 Å². The van der Waals surface area contributed by atoms with E-state index in [2.05, 4.69) is 9.97 Å². The van der Waals surface area contributed by atoms with Crippen LogP contribution in [-0.4, -0.2) is 23.0 Å². The fraction of sp³-hybridized carbons (Fsp3) is 0.0909. The molecule has 0 aliphatic carbocycles. The van der Waals surface area contributed by atoms with Crippen molar-refractivity contribution in [1.82, 2.24) is 9.97 Å². The molecule has 0 spiro atoms. The first-order valence-electron chi connectivity index (χ1n) is 8.62. The number of methoxy groups -OCH3 is 1. The number of fused-ring (bicyclic) bond motifs is 3. The summed E-state index contributed by atoms with van der Waals surface area (Å²) in [5.74, 6) is -0.467. The molecule has 4 aromatic rings. The maximum atomic E-state index is 12.0. The maximum Gasteiger partial charge on any atom is 0.251 e. The molecular weight excluding hydrogens is 338 g/mol. The number of primary amides is 1. The topological polar surface area (TPSA) is 81.0 Å². The third kappa shape index (κ3) is 3.20. The van der Waals surface area contributed by atoms with Gasteiger partial charge >= 0.3 is 0 Å². The summed E-state index contributed by atoms with van der Waals surface area (Å²) in [7, 11) is 1.59. The van der Waals surface area contributed by atoms with Crippen LogP contribution in [0.3, 0.4) is 0 Å². The van der Waals surface area contributed by atoms with Gasteiger partial charge in [0.25, 0.3) is 5.91 Å². The molecule has 3 N–H and O–H groups in total. The van der Waals surface area contributed by atoms with Gasteiger partial charge in [-0.25, -0.2) is 0 Å². The number of carbonyl (C=O) groups is 1. The van der Waals surface area contributed by atoms with E-state index in [1.807, 2.05) is 66.9 Å². The molecule has 0 aliphatic heterocycles. The highest BCUT2D eigenvalue weighted by molar-refractivity contribution is 6.15. The molecule has 0 unspecified atom stereocenters. The first-order chi connectivity index (χ1) is 13.2. The molecule has 4 rings (SSSR count). The highest BCUT2D eigenvalue weighted by atomic mass is 16.5. The molecule has 1 amide bonds. The second-order valence-corrected chi connectivity index (χ2v) is 6.34. The molecule has 27 heavy (non-hydrogen) atoms. The highest BCUT2D eigenvalue weighted by Gasteiger charge is 2.17. The average molecular weight is 357 g/mol. The predicted octanol–water partition coefficient (Wildman–Crippen LogP) is 4.13. The normalized spacial score (nSPS) is 11.6. The lowest BCUT2D eigenvalue weighted by Gasteiger charge is -2.02. The number of pyridine rings is 1. The molecule has 0 saturated carbocycles. The van der Waals surface area contributed by atoms with Gasteiger partial charge in [0, 0.05) is 29.5 Å². The Morgan fingerprint density at radius 3 is 2.70 bits per heavy atom. The zero-order valence-corrected chi connectivity index (χ0v) is 14.9. The number of benzene rings is 2. The minimum atomic E-state index is -0.467. The maximum absolute atomic E-state index is 12.0. The quantitative estimate of drug-likeness (QED) is 0.563. The van der Waals surface area contributed by atoms with E-state index >= 15 is 0 Å². The number of nitrogens with one attached hydrogen (secondary N) is 1. The van der Waals surface area contributed by atoms with Gasteiger partial charge in [0.15, 0.2) is 0 Å². The molecule has 0 aliphatic rings. The summed E-state index contributed by atoms with van der Waals surface area (Å²) in [6.45, 7) is 0.292. The summed E-state index contributed by atoms with van der Waals surface area (Å²) in [4.78, 5) is 19.8. The van der Waals surface area contributed by atoms with Gasteiger partial charge in [0.2, 0.25) is 0 Å². The molecule has 0 radical (unpaired) electrons. The number of nitrogens with two attached hydrogens (primary N) is 1. The van der Waals surface area contributed by atoms with Crippen LogP contribution in [0.1, 0.15) is 27.3 Å². The third-order valence-corrected chi connectivity index (χ3v) is 4.55. The Morgan fingerprint density at radius 1 is 1.15 bits per heavy atom. The monoisotopic (exact) mass is 357 g/mol. The van der Waals surface area contributed by atoms with Crippen molar-refractivity contribution in [3.8, 4) is 0 Å². The fourth-order valence-corrected chi connectivity index (χ4v) is 3.32. The van der Waals surface area contributed by atoms with E-state index in [-0.39, 0.29) is 0 Å². The van der Waals surface area contributed by atoms with Crippen molar-refractivity contribution in [1.29, 1.82) is 0 Å². The van der Waals surface area contributed by atoms with Gasteiger partial charge in [0.05, 0.1) is 29.1 Å². The number of amides is 1. The van der Waals surface area contributed by atoms with Crippen LogP contribution in [0.15, 0.2) is 54.7 Å². The van der Waals surface area contributed by atoms with Gasteiger partial charge < -0.3 is 15.5 Å². The Labute approximate surface area is 156 Å². The van der Waals surface area contributed by atoms with Crippen molar-refractivity contribution in [2.45, 2.75) is 6.61 Å². The van der Waals surface area contributed by atoms with Crippen LogP contribution in [0, 0.1) is 0 Å². The first-order valence-corrected chi connectivity index (χ1v) is 8.62. The van der Waals surface area contributed by atoms with Crippen molar-refractivity contribution in [2.75, 3.05) is 7.11 Å². The predicted molar refractivity (Wildman–Crippen MR) is 108 cm³/mol. The number of hydrogen-bond acceptors (Lipinski definition) is 3. The summed E-state index contributed by atoms with van der Waals surface area (Å²) in [5, 5.41) is 2.77. The molecule has 0 atom stereocenters. The van der Waals surface area contributed by atoms with Gasteiger partial charge in [-0.2, -0.15) is 0 Å². The third-order valence-electron chi connectivity index (χ3n) is 4.55. The number of aromatic nitrogens is 2. The molecule has 5 heteroatoms. The van der Waals surface area contributed by atoms with Crippen LogP contribution < -0.4 is 5.73 Å². The van der Waals surface area contributed by atoms with Crippen molar-refractivity contribution in [3.05, 3.63) is 77.2 Å². The van der Waals surface area contributed by atoms with Crippen LogP contribution >= 0.6 is 0 Å². The molecule has 2 aromatic heterocycles. The van der Waals surface area contributed by atoms with E-state index in [4.69, 9.17) is 10.5 Å². The Kier molecular flexibility index (Phi) is 4.44. The average Bonchev–Trinajstić information content (AvgIpc) is 3.06. The lowest BCUT2D eigenvalue weighted by molar-refractivity contribution is 0.0997.